The Kier molecular flexibility index (Phi) is 8.36. The first-order valence-electron chi connectivity index (χ1n) is 8.25. The van der Waals surface area contributed by atoms with Crippen molar-refractivity contribution in [2.24, 2.45) is 0 Å². The maximum atomic E-state index is 12.8. The molecule has 2 aromatic rings. The molecule has 1 heterocycles. The van der Waals surface area contributed by atoms with Gasteiger partial charge in [-0.05, 0) is 25.1 Å². The minimum Gasteiger partial charge on any atom is -0.477 e. The van der Waals surface area contributed by atoms with Gasteiger partial charge in [0.1, 0.15) is 12.1 Å². The van der Waals surface area contributed by atoms with Crippen molar-refractivity contribution >= 4 is 23.4 Å². The number of aliphatic hydroxyl groups excluding tert-OH is 1. The average molecular weight is 426 g/mol. The zero-order valence-corrected chi connectivity index (χ0v) is 15.1. The molecule has 2 rings (SSSR count). The van der Waals surface area contributed by atoms with Crippen LogP contribution in [-0.2, 0) is 11.0 Å². The highest BCUT2D eigenvalue weighted by molar-refractivity contribution is 5.96. The minimum atomic E-state index is -4.58. The molecule has 12 heteroatoms. The number of carbonyl (C=O) groups excluding carboxylic acids is 1. The largest absolute Gasteiger partial charge is 0.477 e. The number of aromatic nitrogens is 2. The van der Waals surface area contributed by atoms with Gasteiger partial charge in [-0.3, -0.25) is 4.79 Å². The number of amides is 1. The number of benzene rings is 1. The number of alkyl halides is 3. The first-order chi connectivity index (χ1) is 13.7. The molecule has 0 saturated heterocycles. The SMILES string of the molecule is C.CCOc1nc(N)nc(N[C@@H](CO)C(=O)Nc2cccc(C(F)(F)F)c2)c1C#N. The highest BCUT2D eigenvalue weighted by Crippen LogP contribution is 2.30. The Hall–Kier alpha value is -3.59. The topological polar surface area (TPSA) is 146 Å². The highest BCUT2D eigenvalue weighted by atomic mass is 19.4. The smallest absolute Gasteiger partial charge is 0.416 e. The summed E-state index contributed by atoms with van der Waals surface area (Å²) in [6, 6.07) is 4.47. The molecule has 1 aromatic heterocycles. The second-order valence-corrected chi connectivity index (χ2v) is 5.60. The maximum absolute atomic E-state index is 12.8. The third-order valence-electron chi connectivity index (χ3n) is 3.55. The number of nitrogens with zero attached hydrogens (tertiary/aromatic N) is 3. The fourth-order valence-corrected chi connectivity index (χ4v) is 2.26. The summed E-state index contributed by atoms with van der Waals surface area (Å²) in [6.07, 6.45) is -4.58. The number of anilines is 3. The van der Waals surface area contributed by atoms with E-state index in [2.05, 4.69) is 20.6 Å². The summed E-state index contributed by atoms with van der Waals surface area (Å²) in [5.74, 6) is -1.38. The molecule has 0 aliphatic rings. The lowest BCUT2D eigenvalue weighted by Gasteiger charge is -2.18. The fraction of sp³-hybridized carbons (Fsp3) is 0.333. The number of rotatable bonds is 7. The van der Waals surface area contributed by atoms with Crippen LogP contribution < -0.4 is 21.1 Å². The number of aliphatic hydroxyl groups is 1. The normalized spacial score (nSPS) is 11.6. The van der Waals surface area contributed by atoms with Crippen LogP contribution in [0.1, 0.15) is 25.5 Å². The van der Waals surface area contributed by atoms with Gasteiger partial charge in [-0.2, -0.15) is 28.4 Å². The molecule has 9 nitrogen and oxygen atoms in total. The van der Waals surface area contributed by atoms with Gasteiger partial charge in [-0.1, -0.05) is 13.5 Å². The third kappa shape index (κ3) is 5.95. The first kappa shape index (κ1) is 24.4. The Balaban J connectivity index is 0.00000450. The highest BCUT2D eigenvalue weighted by Gasteiger charge is 2.31. The van der Waals surface area contributed by atoms with Crippen LogP contribution in [0, 0.1) is 11.3 Å². The molecule has 5 N–H and O–H groups in total. The Labute approximate surface area is 170 Å². The Bertz CT molecular complexity index is 930. The predicted molar refractivity (Wildman–Crippen MR) is 104 cm³/mol. The van der Waals surface area contributed by atoms with Gasteiger partial charge in [-0.25, -0.2) is 0 Å². The maximum Gasteiger partial charge on any atom is 0.416 e. The van der Waals surface area contributed by atoms with E-state index < -0.39 is 30.3 Å². The Morgan fingerprint density at radius 2 is 2.10 bits per heavy atom. The van der Waals surface area contributed by atoms with Gasteiger partial charge >= 0.3 is 6.18 Å². The summed E-state index contributed by atoms with van der Waals surface area (Å²) < 4.78 is 43.6. The van der Waals surface area contributed by atoms with Crippen LogP contribution in [0.3, 0.4) is 0 Å². The molecule has 0 spiro atoms. The monoisotopic (exact) mass is 426 g/mol. The van der Waals surface area contributed by atoms with Gasteiger partial charge in [-0.15, -0.1) is 0 Å². The van der Waals surface area contributed by atoms with E-state index in [4.69, 9.17) is 10.5 Å². The molecule has 1 amide bonds. The Morgan fingerprint density at radius 3 is 2.67 bits per heavy atom. The molecule has 0 unspecified atom stereocenters. The van der Waals surface area contributed by atoms with Crippen LogP contribution in [0.5, 0.6) is 5.88 Å². The predicted octanol–water partition coefficient (Wildman–Crippen LogP) is 2.40. The van der Waals surface area contributed by atoms with E-state index in [1.54, 1.807) is 6.92 Å². The third-order valence-corrected chi connectivity index (χ3v) is 3.55. The zero-order chi connectivity index (χ0) is 21.6. The van der Waals surface area contributed by atoms with Crippen molar-refractivity contribution in [3.8, 4) is 11.9 Å². The number of hydrogen-bond donors (Lipinski definition) is 4. The molecule has 0 saturated carbocycles. The van der Waals surface area contributed by atoms with E-state index in [0.29, 0.717) is 0 Å². The summed E-state index contributed by atoms with van der Waals surface area (Å²) in [5, 5.41) is 23.7. The molecule has 0 radical (unpaired) electrons. The van der Waals surface area contributed by atoms with Gasteiger partial charge in [0.25, 0.3) is 0 Å². The lowest BCUT2D eigenvalue weighted by Crippen LogP contribution is -2.38. The first-order valence-corrected chi connectivity index (χ1v) is 8.25. The summed E-state index contributed by atoms with van der Waals surface area (Å²) in [6.45, 7) is 1.10. The molecule has 0 fully saturated rings. The summed E-state index contributed by atoms with van der Waals surface area (Å²) >= 11 is 0. The van der Waals surface area contributed by atoms with Crippen molar-refractivity contribution in [3.05, 3.63) is 35.4 Å². The van der Waals surface area contributed by atoms with E-state index in [0.717, 1.165) is 18.2 Å². The van der Waals surface area contributed by atoms with Crippen molar-refractivity contribution in [2.45, 2.75) is 26.6 Å². The molecular weight excluding hydrogens is 405 g/mol. The van der Waals surface area contributed by atoms with E-state index in [9.17, 15) is 28.3 Å². The van der Waals surface area contributed by atoms with Gasteiger partial charge in [0, 0.05) is 5.69 Å². The van der Waals surface area contributed by atoms with Crippen molar-refractivity contribution in [3.63, 3.8) is 0 Å². The Morgan fingerprint density at radius 1 is 1.40 bits per heavy atom. The number of halogens is 3. The average Bonchev–Trinajstić information content (AvgIpc) is 2.65. The lowest BCUT2D eigenvalue weighted by atomic mass is 10.2. The van der Waals surface area contributed by atoms with Crippen LogP contribution in [0.25, 0.3) is 0 Å². The number of nitrogen functional groups attached to an aromatic ring is 1. The molecule has 1 aromatic carbocycles. The van der Waals surface area contributed by atoms with E-state index in [1.807, 2.05) is 6.07 Å². The van der Waals surface area contributed by atoms with Gasteiger partial charge < -0.3 is 26.2 Å². The summed E-state index contributed by atoms with van der Waals surface area (Å²) in [5.41, 5.74) is 4.35. The lowest BCUT2D eigenvalue weighted by molar-refractivity contribution is -0.137. The van der Waals surface area contributed by atoms with Crippen molar-refractivity contribution in [2.75, 3.05) is 29.6 Å². The molecular formula is C18H21F3N6O3. The van der Waals surface area contributed by atoms with Crippen LogP contribution in [0.15, 0.2) is 24.3 Å². The molecule has 30 heavy (non-hydrogen) atoms. The fourth-order valence-electron chi connectivity index (χ4n) is 2.26. The van der Waals surface area contributed by atoms with Crippen LogP contribution >= 0.6 is 0 Å². The number of nitrogens with two attached hydrogens (primary N) is 1. The second kappa shape index (κ2) is 10.3. The number of nitriles is 1. The van der Waals surface area contributed by atoms with Gasteiger partial charge in [0.15, 0.2) is 11.4 Å². The number of ether oxygens (including phenoxy) is 1. The number of hydrogen-bond acceptors (Lipinski definition) is 8. The van der Waals surface area contributed by atoms with Crippen molar-refractivity contribution < 1.29 is 27.8 Å². The van der Waals surface area contributed by atoms with E-state index >= 15 is 0 Å². The standard InChI is InChI=1S/C17H17F3N6O3.CH4/c1-2-29-15-11(7-21)13(25-16(22)26-15)24-12(8-27)14(28)23-10-5-3-4-9(6-10)17(18,19)20;/h3-6,12,27H,2,8H2,1H3,(H,23,28)(H3,22,24,25,26);1H4/t12-;/m0./s1. The van der Waals surface area contributed by atoms with Crippen LogP contribution in [-0.4, -0.2) is 40.2 Å². The molecule has 0 aliphatic carbocycles. The van der Waals surface area contributed by atoms with Crippen LogP contribution in [0.4, 0.5) is 30.6 Å². The summed E-state index contributed by atoms with van der Waals surface area (Å²) in [7, 11) is 0. The molecule has 162 valence electrons. The minimum absolute atomic E-state index is 0. The quantitative estimate of drug-likeness (QED) is 0.528. The van der Waals surface area contributed by atoms with E-state index in [1.165, 1.54) is 6.07 Å². The van der Waals surface area contributed by atoms with Crippen molar-refractivity contribution in [1.29, 1.82) is 5.26 Å². The zero-order valence-electron chi connectivity index (χ0n) is 15.1. The van der Waals surface area contributed by atoms with Crippen LogP contribution in [0.2, 0.25) is 0 Å². The number of carbonyl (C=O) groups is 1. The second-order valence-electron chi connectivity index (χ2n) is 5.60. The van der Waals surface area contributed by atoms with Crippen molar-refractivity contribution in [1.82, 2.24) is 9.97 Å². The van der Waals surface area contributed by atoms with E-state index in [-0.39, 0.29) is 42.9 Å². The number of nitrogens with one attached hydrogen (secondary N) is 2. The molecule has 1 atom stereocenters. The van der Waals surface area contributed by atoms with Gasteiger partial charge in [0.2, 0.25) is 17.7 Å². The van der Waals surface area contributed by atoms with Gasteiger partial charge in [0.05, 0.1) is 18.8 Å². The molecule has 0 aliphatic heterocycles. The summed E-state index contributed by atoms with van der Waals surface area (Å²) in [4.78, 5) is 20.0. The molecule has 0 bridgehead atoms.